The number of unbranched alkanes of at least 4 members (excludes halogenated alkanes) is 25. The summed E-state index contributed by atoms with van der Waals surface area (Å²) in [6.07, 6.45) is 31.1. The molecule has 0 fully saturated rings. The number of aliphatic hydroxyl groups is 1. The standard InChI is InChI=1S/C62H120O17P2/c1-52(2)38-30-22-14-10-9-11-17-26-34-42-59(64)72-49-58(79-62(67)45-37-29-21-20-25-33-41-55(7)8)51-77-81(70,71)75-47-56(63)46-74-80(68,69)76-50-57(78-61(66)44-36-28-19-13-16-24-32-40-54(5)6)48-73-60(65)43-35-27-18-12-15-23-31-39-53(3)4/h52-58,63H,9-51H2,1-8H3,(H,68,69)(H,70,71)/t56?,57-,58-/m1/s1. The van der Waals surface area contributed by atoms with E-state index in [9.17, 15) is 43.2 Å². The van der Waals surface area contributed by atoms with E-state index < -0.39 is 97.5 Å². The third-order valence-electron chi connectivity index (χ3n) is 14.1. The molecule has 0 aliphatic heterocycles. The van der Waals surface area contributed by atoms with Crippen molar-refractivity contribution in [3.63, 3.8) is 0 Å². The molecule has 3 N–H and O–H groups in total. The molecule has 0 radical (unpaired) electrons. The smallest absolute Gasteiger partial charge is 0.462 e. The maximum atomic E-state index is 12.9. The molecule has 0 rings (SSSR count). The summed E-state index contributed by atoms with van der Waals surface area (Å²) < 4.78 is 67.8. The zero-order valence-electron chi connectivity index (χ0n) is 52.4. The lowest BCUT2D eigenvalue weighted by molar-refractivity contribution is -0.161. The molecule has 3 unspecified atom stereocenters. The lowest BCUT2D eigenvalue weighted by atomic mass is 10.0. The lowest BCUT2D eigenvalue weighted by Crippen LogP contribution is -2.30. The van der Waals surface area contributed by atoms with Crippen LogP contribution in [0, 0.1) is 23.7 Å². The van der Waals surface area contributed by atoms with Crippen molar-refractivity contribution >= 4 is 39.5 Å². The van der Waals surface area contributed by atoms with Gasteiger partial charge in [0.1, 0.15) is 19.3 Å². The first kappa shape index (κ1) is 79.1. The summed E-state index contributed by atoms with van der Waals surface area (Å²) in [7, 11) is -9.88. The Morgan fingerprint density at radius 3 is 0.765 bits per heavy atom. The van der Waals surface area contributed by atoms with Gasteiger partial charge in [-0.15, -0.1) is 0 Å². The second-order valence-corrected chi connectivity index (χ2v) is 27.3. The summed E-state index contributed by atoms with van der Waals surface area (Å²) >= 11 is 0. The number of carbonyl (C=O) groups is 4. The number of phosphoric acid groups is 2. The van der Waals surface area contributed by atoms with E-state index in [1.807, 2.05) is 0 Å². The highest BCUT2D eigenvalue weighted by Gasteiger charge is 2.30. The van der Waals surface area contributed by atoms with E-state index in [0.717, 1.165) is 102 Å². The Balaban J connectivity index is 5.23. The summed E-state index contributed by atoms with van der Waals surface area (Å²) in [5.41, 5.74) is 0. The highest BCUT2D eigenvalue weighted by atomic mass is 31.2. The molecular formula is C62H120O17P2. The summed E-state index contributed by atoms with van der Waals surface area (Å²) in [6, 6.07) is 0. The fourth-order valence-electron chi connectivity index (χ4n) is 9.08. The van der Waals surface area contributed by atoms with Gasteiger partial charge in [-0.1, -0.05) is 242 Å². The molecule has 19 heteroatoms. The van der Waals surface area contributed by atoms with Crippen LogP contribution in [0.2, 0.25) is 0 Å². The molecule has 0 amide bonds. The number of rotatable bonds is 59. The molecule has 0 saturated heterocycles. The molecule has 0 aromatic heterocycles. The minimum absolute atomic E-state index is 0.101. The number of aliphatic hydroxyl groups excluding tert-OH is 1. The van der Waals surface area contributed by atoms with Gasteiger partial charge in [0.15, 0.2) is 12.2 Å². The molecule has 0 aromatic carbocycles. The van der Waals surface area contributed by atoms with Gasteiger partial charge in [-0.25, -0.2) is 9.13 Å². The van der Waals surface area contributed by atoms with E-state index in [0.29, 0.717) is 43.4 Å². The van der Waals surface area contributed by atoms with Crippen LogP contribution in [0.25, 0.3) is 0 Å². The van der Waals surface area contributed by atoms with Crippen LogP contribution in [0.15, 0.2) is 0 Å². The van der Waals surface area contributed by atoms with E-state index in [4.69, 9.17) is 37.0 Å². The Bertz CT molecular complexity index is 1630. The zero-order valence-corrected chi connectivity index (χ0v) is 54.2. The summed E-state index contributed by atoms with van der Waals surface area (Å²) in [4.78, 5) is 72.0. The van der Waals surface area contributed by atoms with Crippen molar-refractivity contribution in [1.82, 2.24) is 0 Å². The van der Waals surface area contributed by atoms with Crippen molar-refractivity contribution in [3.05, 3.63) is 0 Å². The monoisotopic (exact) mass is 1200 g/mol. The Morgan fingerprint density at radius 2 is 0.519 bits per heavy atom. The first-order valence-electron chi connectivity index (χ1n) is 32.2. The second kappa shape index (κ2) is 52.4. The molecule has 0 aromatic rings. The van der Waals surface area contributed by atoms with Gasteiger partial charge in [-0.3, -0.25) is 37.3 Å². The molecule has 0 bridgehead atoms. The first-order chi connectivity index (χ1) is 38.6. The Hall–Kier alpha value is -1.94. The summed E-state index contributed by atoms with van der Waals surface area (Å²) in [5.74, 6) is 0.666. The van der Waals surface area contributed by atoms with Crippen molar-refractivity contribution in [1.29, 1.82) is 0 Å². The largest absolute Gasteiger partial charge is 0.472 e. The second-order valence-electron chi connectivity index (χ2n) is 24.3. The maximum absolute atomic E-state index is 12.9. The highest BCUT2D eigenvalue weighted by molar-refractivity contribution is 7.47. The normalized spacial score (nSPS) is 14.5. The topological polar surface area (TPSA) is 237 Å². The van der Waals surface area contributed by atoms with Gasteiger partial charge in [-0.05, 0) is 49.4 Å². The van der Waals surface area contributed by atoms with Crippen molar-refractivity contribution in [2.24, 2.45) is 23.7 Å². The number of phosphoric ester groups is 2. The van der Waals surface area contributed by atoms with Crippen LogP contribution in [0.1, 0.15) is 293 Å². The van der Waals surface area contributed by atoms with Crippen molar-refractivity contribution in [3.8, 4) is 0 Å². The summed E-state index contributed by atoms with van der Waals surface area (Å²) in [6.45, 7) is 13.8. The molecule has 0 aliphatic carbocycles. The van der Waals surface area contributed by atoms with E-state index >= 15 is 0 Å². The maximum Gasteiger partial charge on any atom is 0.472 e. The van der Waals surface area contributed by atoms with Gasteiger partial charge in [-0.2, -0.15) is 0 Å². The Morgan fingerprint density at radius 1 is 0.309 bits per heavy atom. The predicted octanol–water partition coefficient (Wildman–Crippen LogP) is 16.6. The lowest BCUT2D eigenvalue weighted by Gasteiger charge is -2.21. The fourth-order valence-corrected chi connectivity index (χ4v) is 10.7. The van der Waals surface area contributed by atoms with E-state index in [2.05, 4.69) is 55.4 Å². The average Bonchev–Trinajstić information content (AvgIpc) is 3.40. The van der Waals surface area contributed by atoms with E-state index in [1.165, 1.54) is 89.9 Å². The number of ether oxygens (including phenoxy) is 4. The predicted molar refractivity (Wildman–Crippen MR) is 321 cm³/mol. The summed E-state index contributed by atoms with van der Waals surface area (Å²) in [5, 5.41) is 10.5. The minimum Gasteiger partial charge on any atom is -0.462 e. The van der Waals surface area contributed by atoms with Crippen LogP contribution < -0.4 is 0 Å². The molecule has 0 saturated carbocycles. The third kappa shape index (κ3) is 56.9. The van der Waals surface area contributed by atoms with Crippen LogP contribution in [-0.2, 0) is 65.4 Å². The average molecular weight is 1200 g/mol. The zero-order chi connectivity index (χ0) is 60.4. The number of esters is 4. The van der Waals surface area contributed by atoms with Crippen LogP contribution in [-0.4, -0.2) is 96.7 Å². The minimum atomic E-state index is -4.94. The van der Waals surface area contributed by atoms with Crippen molar-refractivity contribution in [2.75, 3.05) is 39.6 Å². The molecular weight excluding hydrogens is 1080 g/mol. The molecule has 81 heavy (non-hydrogen) atoms. The van der Waals surface area contributed by atoms with Crippen LogP contribution in [0.5, 0.6) is 0 Å². The van der Waals surface area contributed by atoms with Gasteiger partial charge in [0.25, 0.3) is 0 Å². The molecule has 0 heterocycles. The molecule has 0 spiro atoms. The molecule has 0 aliphatic rings. The van der Waals surface area contributed by atoms with Crippen LogP contribution in [0.4, 0.5) is 0 Å². The molecule has 17 nitrogen and oxygen atoms in total. The number of carbonyl (C=O) groups excluding carboxylic acids is 4. The van der Waals surface area contributed by atoms with E-state index in [-0.39, 0.29) is 25.7 Å². The number of hydrogen-bond acceptors (Lipinski definition) is 15. The first-order valence-corrected chi connectivity index (χ1v) is 35.2. The quantitative estimate of drug-likeness (QED) is 0.0222. The SMILES string of the molecule is CC(C)CCCCCCCCCCCC(=O)OC[C@H](COP(=O)(O)OCC(O)COP(=O)(O)OC[C@@H](COC(=O)CCCCCCCCCC(C)C)OC(=O)CCCCCCCCCC(C)C)OC(=O)CCCCCCCCC(C)C. The van der Waals surface area contributed by atoms with Gasteiger partial charge in [0.05, 0.1) is 26.4 Å². The third-order valence-corrected chi connectivity index (χ3v) is 16.0. The van der Waals surface area contributed by atoms with Crippen molar-refractivity contribution in [2.45, 2.75) is 311 Å². The van der Waals surface area contributed by atoms with Gasteiger partial charge in [0.2, 0.25) is 0 Å². The number of hydrogen-bond donors (Lipinski definition) is 3. The van der Waals surface area contributed by atoms with Crippen molar-refractivity contribution < 1.29 is 80.2 Å². The Labute approximate surface area is 492 Å². The van der Waals surface area contributed by atoms with E-state index in [1.54, 1.807) is 0 Å². The fraction of sp³-hybridized carbons (Fsp3) is 0.935. The van der Waals surface area contributed by atoms with Gasteiger partial charge < -0.3 is 33.8 Å². The van der Waals surface area contributed by atoms with Crippen LogP contribution in [0.3, 0.4) is 0 Å². The van der Waals surface area contributed by atoms with Gasteiger partial charge in [0, 0.05) is 25.7 Å². The van der Waals surface area contributed by atoms with Gasteiger partial charge >= 0.3 is 39.5 Å². The Kier molecular flexibility index (Phi) is 51.1. The van der Waals surface area contributed by atoms with Crippen LogP contribution >= 0.6 is 15.6 Å². The molecule has 5 atom stereocenters. The molecule has 480 valence electrons. The highest BCUT2D eigenvalue weighted by Crippen LogP contribution is 2.45.